The highest BCUT2D eigenvalue weighted by Crippen LogP contribution is 2.33. The van der Waals surface area contributed by atoms with Gasteiger partial charge in [0.25, 0.3) is 0 Å². The fourth-order valence-electron chi connectivity index (χ4n) is 8.63. The van der Waals surface area contributed by atoms with Crippen molar-refractivity contribution >= 4 is 53.2 Å². The maximum absolute atomic E-state index is 5.37. The Morgan fingerprint density at radius 1 is 0.465 bits per heavy atom. The Bertz CT molecular complexity index is 3450. The van der Waals surface area contributed by atoms with Crippen LogP contribution in [0.3, 0.4) is 0 Å². The maximum atomic E-state index is 5.37. The molecule has 14 nitrogen and oxygen atoms in total. The summed E-state index contributed by atoms with van der Waals surface area (Å²) in [6, 6.07) is 3.93. The quantitative estimate of drug-likeness (QED) is 0.150. The van der Waals surface area contributed by atoms with E-state index in [9.17, 15) is 0 Å². The van der Waals surface area contributed by atoms with E-state index in [0.29, 0.717) is 11.8 Å². The summed E-state index contributed by atoms with van der Waals surface area (Å²) < 4.78 is 20.4. The Morgan fingerprint density at radius 2 is 1.00 bits per heavy atom. The van der Waals surface area contributed by atoms with Gasteiger partial charge in [-0.1, -0.05) is 275 Å². The standard InChI is InChI=1S/4C10H15N.C9H14N2.4C9H13NO/c1-5-9-6-8(7-11-9)10(2,3)4;2*1-5-9-8(6-7-11-9)10(2,3)4;1-5-8-6-7-9(11-8)10(2,3)4;1-5-7-6-8(11-10-7)9(2,3)4;1-5-8-10-7(6-11-8)9(2,3)4;1-5-8-10-6-7(11-8)9(2,3)4;1-5-8-7(6-11-10-8)9(2,3)4;1-5-7-6-8(11-10-7)9(2,3)4/h3*5-6H,1,7H2,2-4H3;5,7H,1,6H2,2-4H3;5-6H,1H2,2-4H3,(H,10,11);4*5-6H,1H2,2-4H3. The summed E-state index contributed by atoms with van der Waals surface area (Å²) in [5, 5.41) is 14.6. The monoisotopic (exact) mass is 1350 g/mol. The molecule has 0 bridgehead atoms. The topological polar surface area (TPSA) is 182 Å². The number of H-pyrrole nitrogens is 1. The van der Waals surface area contributed by atoms with Crippen molar-refractivity contribution in [3.05, 3.63) is 218 Å². The summed E-state index contributed by atoms with van der Waals surface area (Å²) in [7, 11) is 0. The molecule has 0 aromatic carbocycles. The molecule has 540 valence electrons. The zero-order valence-corrected chi connectivity index (χ0v) is 66.2. The molecule has 9 heterocycles. The van der Waals surface area contributed by atoms with Crippen LogP contribution in [-0.2, 0) is 27.1 Å². The number of nitrogens with zero attached hydrogens (tertiary/aromatic N) is 9. The zero-order chi connectivity index (χ0) is 76.3. The Hall–Kier alpha value is -8.65. The Kier molecular flexibility index (Phi) is 34.0. The van der Waals surface area contributed by atoms with E-state index in [1.165, 1.54) is 22.4 Å². The van der Waals surface area contributed by atoms with Gasteiger partial charge in [0.1, 0.15) is 35.4 Å². The number of allylic oxidation sites excluding steroid dienone is 9. The Balaban J connectivity index is 0.000000557. The second-order valence-electron chi connectivity index (χ2n) is 33.2. The Labute approximate surface area is 598 Å². The number of oxazole rings is 2. The van der Waals surface area contributed by atoms with E-state index in [1.54, 1.807) is 55.2 Å². The lowest BCUT2D eigenvalue weighted by molar-refractivity contribution is 0.328. The predicted octanol–water partition coefficient (Wildman–Crippen LogP) is 23.6. The molecule has 0 radical (unpaired) electrons. The molecule has 0 fully saturated rings. The molecule has 0 unspecified atom stereocenters. The minimum absolute atomic E-state index is 0.0360. The summed E-state index contributed by atoms with van der Waals surface area (Å²) in [5.41, 5.74) is 16.5. The first-order chi connectivity index (χ1) is 45.4. The number of aromatic nitrogens is 6. The molecule has 9 rings (SSSR count). The Morgan fingerprint density at radius 3 is 1.26 bits per heavy atom. The van der Waals surface area contributed by atoms with E-state index in [-0.39, 0.29) is 48.7 Å². The maximum Gasteiger partial charge on any atom is 0.218 e. The van der Waals surface area contributed by atoms with Crippen LogP contribution in [-0.4, -0.2) is 73.0 Å². The molecule has 14 heteroatoms. The van der Waals surface area contributed by atoms with Crippen molar-refractivity contribution in [2.45, 2.75) is 220 Å². The van der Waals surface area contributed by atoms with Crippen LogP contribution < -0.4 is 0 Å². The highest BCUT2D eigenvalue weighted by molar-refractivity contribution is 6.10. The molecule has 0 amide bonds. The van der Waals surface area contributed by atoms with Crippen LogP contribution in [0.4, 0.5) is 0 Å². The van der Waals surface area contributed by atoms with Crippen molar-refractivity contribution in [3.8, 4) is 0 Å². The van der Waals surface area contributed by atoms with Gasteiger partial charge in [-0.25, -0.2) is 9.97 Å². The number of nitrogens with one attached hydrogen (secondary N) is 1. The number of aliphatic imine (C=N–C) groups is 4. The molecule has 5 aromatic rings. The van der Waals surface area contributed by atoms with Gasteiger partial charge in [0.2, 0.25) is 11.8 Å². The van der Waals surface area contributed by atoms with Gasteiger partial charge in [0, 0.05) is 62.2 Å². The molecule has 0 atom stereocenters. The van der Waals surface area contributed by atoms with Gasteiger partial charge in [-0.05, 0) is 105 Å². The van der Waals surface area contributed by atoms with Crippen molar-refractivity contribution < 1.29 is 17.9 Å². The lowest BCUT2D eigenvalue weighted by Gasteiger charge is -2.20. The van der Waals surface area contributed by atoms with Crippen molar-refractivity contribution in [1.82, 2.24) is 30.5 Å². The second kappa shape index (κ2) is 38.1. The average Bonchev–Trinajstić information content (AvgIpc) is 1.79. The fourth-order valence-corrected chi connectivity index (χ4v) is 8.63. The molecule has 0 aliphatic carbocycles. The van der Waals surface area contributed by atoms with Crippen LogP contribution in [0.2, 0.25) is 0 Å². The van der Waals surface area contributed by atoms with Crippen LogP contribution in [0.15, 0.2) is 199 Å². The first kappa shape index (κ1) is 88.4. The van der Waals surface area contributed by atoms with E-state index in [4.69, 9.17) is 17.9 Å². The molecule has 0 saturated heterocycles. The highest BCUT2D eigenvalue weighted by atomic mass is 16.5. The largest absolute Gasteiger partial charge is 0.445 e. The second-order valence-corrected chi connectivity index (χ2v) is 33.2. The van der Waals surface area contributed by atoms with E-state index in [0.717, 1.165) is 94.5 Å². The summed E-state index contributed by atoms with van der Waals surface area (Å²) in [6.07, 6.45) is 30.4. The van der Waals surface area contributed by atoms with Crippen LogP contribution in [0.25, 0.3) is 30.4 Å². The minimum Gasteiger partial charge on any atom is -0.445 e. The van der Waals surface area contributed by atoms with Crippen LogP contribution in [0.1, 0.15) is 251 Å². The smallest absolute Gasteiger partial charge is 0.218 e. The molecule has 5 aromatic heterocycles. The van der Waals surface area contributed by atoms with Crippen LogP contribution >= 0.6 is 0 Å². The molecular formula is C85H126N10O4. The van der Waals surface area contributed by atoms with Gasteiger partial charge in [-0.15, -0.1) is 0 Å². The van der Waals surface area contributed by atoms with Crippen molar-refractivity contribution in [2.75, 3.05) is 19.6 Å². The molecular weight excluding hydrogens is 1230 g/mol. The average molecular weight is 1350 g/mol. The van der Waals surface area contributed by atoms with Crippen molar-refractivity contribution in [2.24, 2.45) is 41.6 Å². The third kappa shape index (κ3) is 31.4. The van der Waals surface area contributed by atoms with Gasteiger partial charge in [-0.3, -0.25) is 25.1 Å². The molecule has 1 N–H and O–H groups in total. The van der Waals surface area contributed by atoms with Crippen LogP contribution in [0, 0.1) is 21.7 Å². The fraction of sp³-hybridized carbons (Fsp3) is 0.471. The SMILES string of the molecule is C=CC1=NC(C(C)(C)C)=CC1.C=CC1=NCC(C(C)(C)C)=C1.C=CC1=NCC=C1C(C)(C)C.C=CC1=NCC=C1C(C)(C)C.C=Cc1cc(C(C)(C)C)[nH]n1.C=Cc1cc(C(C)(C)C)on1.C=Cc1nc(C(C)(C)C)co1.C=Cc1ncc(C(C)(C)C)o1.C=Cc1nocc1C(C)(C)C. The number of rotatable bonds is 9. The number of hydrogen-bond acceptors (Lipinski definition) is 13. The summed E-state index contributed by atoms with van der Waals surface area (Å²) in [4.78, 5) is 25.6. The molecule has 0 spiro atoms. The summed E-state index contributed by atoms with van der Waals surface area (Å²) in [5.74, 6) is 2.98. The zero-order valence-electron chi connectivity index (χ0n) is 66.2. The minimum atomic E-state index is 0.0360. The van der Waals surface area contributed by atoms with Gasteiger partial charge in [0.05, 0.1) is 54.4 Å². The third-order valence-corrected chi connectivity index (χ3v) is 15.0. The third-order valence-electron chi connectivity index (χ3n) is 15.0. The molecule has 4 aliphatic heterocycles. The molecule has 4 aliphatic rings. The molecule has 0 saturated carbocycles. The summed E-state index contributed by atoms with van der Waals surface area (Å²) >= 11 is 0. The molecule has 99 heavy (non-hydrogen) atoms. The van der Waals surface area contributed by atoms with Gasteiger partial charge < -0.3 is 17.9 Å². The predicted molar refractivity (Wildman–Crippen MR) is 428 cm³/mol. The van der Waals surface area contributed by atoms with Gasteiger partial charge >= 0.3 is 0 Å². The van der Waals surface area contributed by atoms with E-state index >= 15 is 0 Å². The first-order valence-corrected chi connectivity index (χ1v) is 34.0. The number of aromatic amines is 1. The highest BCUT2D eigenvalue weighted by Gasteiger charge is 2.26. The van der Waals surface area contributed by atoms with Crippen LogP contribution in [0.5, 0.6) is 0 Å². The summed E-state index contributed by atoms with van der Waals surface area (Å²) in [6.45, 7) is 93.3. The normalized spacial score (nSPS) is 14.3. The van der Waals surface area contributed by atoms with Crippen molar-refractivity contribution in [1.29, 1.82) is 0 Å². The van der Waals surface area contributed by atoms with E-state index in [2.05, 4.69) is 321 Å². The number of hydrogen-bond donors (Lipinski definition) is 1. The van der Waals surface area contributed by atoms with Crippen molar-refractivity contribution in [3.63, 3.8) is 0 Å². The lowest BCUT2D eigenvalue weighted by Crippen LogP contribution is -2.14. The lowest BCUT2D eigenvalue weighted by atomic mass is 9.84. The first-order valence-electron chi connectivity index (χ1n) is 34.0. The van der Waals surface area contributed by atoms with Gasteiger partial charge in [0.15, 0.2) is 0 Å². The van der Waals surface area contributed by atoms with E-state index in [1.807, 2.05) is 30.4 Å². The van der Waals surface area contributed by atoms with Gasteiger partial charge in [-0.2, -0.15) is 5.10 Å². The van der Waals surface area contributed by atoms with E-state index < -0.39 is 0 Å².